The normalized spacial score (nSPS) is 11.9. The van der Waals surface area contributed by atoms with E-state index in [-0.39, 0.29) is 5.41 Å². The molecule has 2 aromatic heterocycles. The molecule has 216 valence electrons. The highest BCUT2D eigenvalue weighted by atomic mass is 16.3. The number of rotatable bonds is 4. The van der Waals surface area contributed by atoms with E-state index in [4.69, 9.17) is 19.4 Å². The van der Waals surface area contributed by atoms with Crippen molar-refractivity contribution in [3.63, 3.8) is 0 Å². The molecule has 0 N–H and O–H groups in total. The lowest BCUT2D eigenvalue weighted by Gasteiger charge is -2.15. The first-order valence-corrected chi connectivity index (χ1v) is 15.3. The Labute approximate surface area is 262 Å². The van der Waals surface area contributed by atoms with Crippen molar-refractivity contribution in [2.75, 3.05) is 0 Å². The average molecular weight is 582 g/mol. The molecule has 45 heavy (non-hydrogen) atoms. The van der Waals surface area contributed by atoms with Crippen molar-refractivity contribution < 1.29 is 4.42 Å². The van der Waals surface area contributed by atoms with Crippen molar-refractivity contribution in [3.8, 4) is 44.9 Å². The molecule has 0 unspecified atom stereocenters. The fourth-order valence-corrected chi connectivity index (χ4v) is 6.05. The quantitative estimate of drug-likeness (QED) is 0.207. The number of fused-ring (bicyclic) bond motifs is 3. The van der Waals surface area contributed by atoms with E-state index in [1.54, 1.807) is 0 Å². The molecule has 4 heteroatoms. The largest absolute Gasteiger partial charge is 0.440 e. The minimum absolute atomic E-state index is 0.161. The van der Waals surface area contributed by atoms with Gasteiger partial charge < -0.3 is 4.42 Å². The van der Waals surface area contributed by atoms with Crippen LogP contribution in [0.2, 0.25) is 0 Å². The van der Waals surface area contributed by atoms with E-state index in [2.05, 4.69) is 118 Å². The Morgan fingerprint density at radius 2 is 1.20 bits per heavy atom. The number of para-hydroxylation sites is 1. The summed E-state index contributed by atoms with van der Waals surface area (Å²) in [4.78, 5) is 14.8. The van der Waals surface area contributed by atoms with Gasteiger partial charge in [0.05, 0.1) is 11.2 Å². The van der Waals surface area contributed by atoms with Crippen molar-refractivity contribution in [1.29, 1.82) is 0 Å². The third-order valence-corrected chi connectivity index (χ3v) is 8.35. The SMILES string of the molecule is CC(C)(C)c1nc2cc(-c3ccc4ccccc4c3-c3ccc(-c4nc(-c5ccccc5)nc5ccccc45)cc3)ccc2o1. The lowest BCUT2D eigenvalue weighted by molar-refractivity contribution is 0.411. The number of nitrogens with zero attached hydrogens (tertiary/aromatic N) is 3. The Bertz CT molecular complexity index is 2350. The minimum atomic E-state index is -0.161. The standard InChI is InChI=1S/C41H31N3O/c1-41(2,3)40-43-35-25-30(22-24-36(35)45-40)32-23-21-26-11-7-8-14-31(26)37(32)27-17-19-28(20-18-27)38-33-15-9-10-16-34(33)42-39(44-38)29-12-5-4-6-13-29/h4-25H,1-3H3. The van der Waals surface area contributed by atoms with Crippen molar-refractivity contribution in [2.45, 2.75) is 26.2 Å². The van der Waals surface area contributed by atoms with Crippen LogP contribution in [-0.4, -0.2) is 15.0 Å². The summed E-state index contributed by atoms with van der Waals surface area (Å²) in [6.07, 6.45) is 0. The summed E-state index contributed by atoms with van der Waals surface area (Å²) in [6.45, 7) is 6.36. The fraction of sp³-hybridized carbons (Fsp3) is 0.0976. The van der Waals surface area contributed by atoms with Crippen molar-refractivity contribution in [1.82, 2.24) is 15.0 Å². The van der Waals surface area contributed by atoms with E-state index < -0.39 is 0 Å². The van der Waals surface area contributed by atoms with E-state index in [1.807, 2.05) is 36.4 Å². The van der Waals surface area contributed by atoms with Gasteiger partial charge in [-0.3, -0.25) is 0 Å². The van der Waals surface area contributed by atoms with Crippen LogP contribution in [0.1, 0.15) is 26.7 Å². The van der Waals surface area contributed by atoms with E-state index in [1.165, 1.54) is 16.3 Å². The van der Waals surface area contributed by atoms with Gasteiger partial charge in [0.2, 0.25) is 5.89 Å². The van der Waals surface area contributed by atoms with Crippen LogP contribution in [0.25, 0.3) is 77.7 Å². The first-order chi connectivity index (χ1) is 21.9. The van der Waals surface area contributed by atoms with Crippen LogP contribution in [0.5, 0.6) is 0 Å². The fourth-order valence-electron chi connectivity index (χ4n) is 6.05. The highest BCUT2D eigenvalue weighted by Crippen LogP contribution is 2.40. The monoisotopic (exact) mass is 581 g/mol. The minimum Gasteiger partial charge on any atom is -0.440 e. The molecule has 0 saturated carbocycles. The molecule has 8 rings (SSSR count). The number of oxazole rings is 1. The summed E-state index contributed by atoms with van der Waals surface area (Å²) in [5.74, 6) is 1.47. The van der Waals surface area contributed by atoms with Gasteiger partial charge in [0.15, 0.2) is 11.4 Å². The summed E-state index contributed by atoms with van der Waals surface area (Å²) in [7, 11) is 0. The first kappa shape index (κ1) is 27.0. The van der Waals surface area contributed by atoms with Gasteiger partial charge in [-0.05, 0) is 51.2 Å². The Morgan fingerprint density at radius 1 is 0.511 bits per heavy atom. The van der Waals surface area contributed by atoms with E-state index >= 15 is 0 Å². The zero-order chi connectivity index (χ0) is 30.5. The predicted octanol–water partition coefficient (Wildman–Crippen LogP) is 10.9. The molecule has 0 aliphatic rings. The van der Waals surface area contributed by atoms with Crippen molar-refractivity contribution >= 4 is 32.8 Å². The molecule has 0 aliphatic carbocycles. The van der Waals surface area contributed by atoms with Gasteiger partial charge in [0.1, 0.15) is 5.52 Å². The zero-order valence-corrected chi connectivity index (χ0v) is 25.5. The molecule has 0 aliphatic heterocycles. The van der Waals surface area contributed by atoms with E-state index in [0.29, 0.717) is 0 Å². The molecule has 0 fully saturated rings. The van der Waals surface area contributed by atoms with Crippen LogP contribution >= 0.6 is 0 Å². The lowest BCUT2D eigenvalue weighted by Crippen LogP contribution is -2.10. The van der Waals surface area contributed by atoms with Gasteiger partial charge in [0, 0.05) is 21.9 Å². The Balaban J connectivity index is 1.28. The number of benzene rings is 6. The summed E-state index contributed by atoms with van der Waals surface area (Å²) >= 11 is 0. The van der Waals surface area contributed by atoms with E-state index in [9.17, 15) is 0 Å². The van der Waals surface area contributed by atoms with Gasteiger partial charge in [-0.1, -0.05) is 136 Å². The van der Waals surface area contributed by atoms with Crippen molar-refractivity contribution in [3.05, 3.63) is 139 Å². The molecule has 4 nitrogen and oxygen atoms in total. The lowest BCUT2D eigenvalue weighted by atomic mass is 9.89. The van der Waals surface area contributed by atoms with Crippen LogP contribution in [0.3, 0.4) is 0 Å². The smallest absolute Gasteiger partial charge is 0.200 e. The molecule has 6 aromatic carbocycles. The average Bonchev–Trinajstić information content (AvgIpc) is 3.52. The van der Waals surface area contributed by atoms with Crippen LogP contribution in [0, 0.1) is 0 Å². The maximum atomic E-state index is 6.11. The number of aromatic nitrogens is 3. The van der Waals surface area contributed by atoms with Gasteiger partial charge in [0.25, 0.3) is 0 Å². The third kappa shape index (κ3) is 4.85. The van der Waals surface area contributed by atoms with Crippen LogP contribution in [0.15, 0.2) is 138 Å². The molecule has 8 aromatic rings. The molecule has 0 saturated heterocycles. The van der Waals surface area contributed by atoms with Gasteiger partial charge in [-0.2, -0.15) is 0 Å². The summed E-state index contributed by atoms with van der Waals surface area (Å²) in [6, 6.07) is 46.5. The van der Waals surface area contributed by atoms with Crippen LogP contribution in [0.4, 0.5) is 0 Å². The second kappa shape index (κ2) is 10.5. The maximum Gasteiger partial charge on any atom is 0.200 e. The first-order valence-electron chi connectivity index (χ1n) is 15.3. The van der Waals surface area contributed by atoms with Gasteiger partial charge in [-0.25, -0.2) is 15.0 Å². The summed E-state index contributed by atoms with van der Waals surface area (Å²) in [5, 5.41) is 3.44. The van der Waals surface area contributed by atoms with Crippen LogP contribution in [-0.2, 0) is 5.41 Å². The highest BCUT2D eigenvalue weighted by molar-refractivity contribution is 6.05. The molecular formula is C41H31N3O. The zero-order valence-electron chi connectivity index (χ0n) is 25.5. The molecule has 0 spiro atoms. The Kier molecular flexibility index (Phi) is 6.31. The van der Waals surface area contributed by atoms with Crippen LogP contribution < -0.4 is 0 Å². The topological polar surface area (TPSA) is 51.8 Å². The van der Waals surface area contributed by atoms with Crippen molar-refractivity contribution in [2.24, 2.45) is 0 Å². The molecule has 0 amide bonds. The summed E-state index contributed by atoms with van der Waals surface area (Å²) < 4.78 is 6.11. The molecule has 0 atom stereocenters. The van der Waals surface area contributed by atoms with E-state index in [0.717, 1.165) is 67.2 Å². The molecular weight excluding hydrogens is 550 g/mol. The van der Waals surface area contributed by atoms with Gasteiger partial charge in [-0.15, -0.1) is 0 Å². The van der Waals surface area contributed by atoms with Gasteiger partial charge >= 0.3 is 0 Å². The molecule has 2 heterocycles. The molecule has 0 radical (unpaired) electrons. The Morgan fingerprint density at radius 3 is 2.00 bits per heavy atom. The second-order valence-electron chi connectivity index (χ2n) is 12.5. The molecule has 0 bridgehead atoms. The predicted molar refractivity (Wildman–Crippen MR) is 185 cm³/mol. The summed E-state index contributed by atoms with van der Waals surface area (Å²) in [5.41, 5.74) is 10.0. The third-order valence-electron chi connectivity index (χ3n) is 8.35. The maximum absolute atomic E-state index is 6.11. The second-order valence-corrected chi connectivity index (χ2v) is 12.5. The number of hydrogen-bond acceptors (Lipinski definition) is 4. The number of hydrogen-bond donors (Lipinski definition) is 0. The Hall–Kier alpha value is -5.61. The highest BCUT2D eigenvalue weighted by Gasteiger charge is 2.22.